The Morgan fingerprint density at radius 1 is 1.02 bits per heavy atom. The third-order valence-corrected chi connectivity index (χ3v) is 8.44. The number of hydrogen-bond acceptors (Lipinski definition) is 5. The molecule has 1 saturated heterocycles. The zero-order valence-electron chi connectivity index (χ0n) is 23.8. The maximum atomic E-state index is 15.8. The first-order valence-corrected chi connectivity index (χ1v) is 14.5. The SMILES string of the molecule is CC(=O)c1ccc2nc(Cc3c(F)cc(-c4cccc5c4O[C@](C)(c4ccc(Cl)cc4F)O5)cc3F)n(C[C@@H]3CCO3)c2c1. The molecule has 5 aromatic rings. The number of imidazole rings is 1. The molecule has 224 valence electrons. The van der Waals surface area contributed by atoms with Gasteiger partial charge in [-0.1, -0.05) is 23.7 Å². The van der Waals surface area contributed by atoms with E-state index in [4.69, 9.17) is 25.8 Å². The smallest absolute Gasteiger partial charge is 0.278 e. The third-order valence-electron chi connectivity index (χ3n) is 8.20. The fraction of sp³-hybridized carbons (Fsp3) is 0.235. The number of halogens is 4. The number of aromatic nitrogens is 2. The number of fused-ring (bicyclic) bond motifs is 2. The normalized spacial score (nSPS) is 18.9. The first-order chi connectivity index (χ1) is 21.1. The molecule has 0 amide bonds. The molecular formula is C34H26ClF3N2O4. The van der Waals surface area contributed by atoms with Gasteiger partial charge in [0.2, 0.25) is 0 Å². The number of carbonyl (C=O) groups excluding carboxylic acids is 1. The van der Waals surface area contributed by atoms with E-state index >= 15 is 8.78 Å². The van der Waals surface area contributed by atoms with E-state index in [-0.39, 0.29) is 45.8 Å². The number of carbonyl (C=O) groups is 1. The van der Waals surface area contributed by atoms with E-state index in [2.05, 4.69) is 4.98 Å². The van der Waals surface area contributed by atoms with Gasteiger partial charge >= 0.3 is 0 Å². The minimum Gasteiger partial charge on any atom is -0.444 e. The van der Waals surface area contributed by atoms with E-state index in [1.54, 1.807) is 43.3 Å². The van der Waals surface area contributed by atoms with Gasteiger partial charge in [-0.2, -0.15) is 0 Å². The van der Waals surface area contributed by atoms with Crippen LogP contribution in [-0.2, 0) is 23.5 Å². The van der Waals surface area contributed by atoms with Gasteiger partial charge in [0.05, 0.1) is 29.2 Å². The van der Waals surface area contributed by atoms with E-state index in [9.17, 15) is 9.18 Å². The Hall–Kier alpha value is -4.34. The van der Waals surface area contributed by atoms with E-state index < -0.39 is 23.2 Å². The lowest BCUT2D eigenvalue weighted by atomic mass is 10.00. The van der Waals surface area contributed by atoms with Crippen molar-refractivity contribution in [1.29, 1.82) is 0 Å². The number of nitrogens with zero attached hydrogens (tertiary/aromatic N) is 2. The van der Waals surface area contributed by atoms with Crippen molar-refractivity contribution >= 4 is 28.4 Å². The van der Waals surface area contributed by atoms with E-state index in [0.29, 0.717) is 46.9 Å². The molecule has 0 spiro atoms. The second-order valence-electron chi connectivity index (χ2n) is 11.2. The molecule has 7 rings (SSSR count). The molecule has 10 heteroatoms. The zero-order chi connectivity index (χ0) is 30.7. The highest BCUT2D eigenvalue weighted by Gasteiger charge is 2.42. The molecule has 1 fully saturated rings. The molecule has 2 aliphatic heterocycles. The molecule has 6 nitrogen and oxygen atoms in total. The average molecular weight is 619 g/mol. The summed E-state index contributed by atoms with van der Waals surface area (Å²) in [4.78, 5) is 16.7. The Bertz CT molecular complexity index is 1950. The predicted molar refractivity (Wildman–Crippen MR) is 159 cm³/mol. The lowest BCUT2D eigenvalue weighted by molar-refractivity contribution is -0.0705. The molecule has 3 heterocycles. The number of Topliss-reactive ketones (excluding diaryl/α,β-unsaturated/α-hetero) is 1. The van der Waals surface area contributed by atoms with Crippen molar-refractivity contribution in [1.82, 2.24) is 9.55 Å². The maximum absolute atomic E-state index is 15.8. The largest absolute Gasteiger partial charge is 0.444 e. The molecule has 0 saturated carbocycles. The number of ketones is 1. The summed E-state index contributed by atoms with van der Waals surface area (Å²) in [6, 6.07) is 16.8. The predicted octanol–water partition coefficient (Wildman–Crippen LogP) is 8.00. The molecule has 2 atom stereocenters. The van der Waals surface area contributed by atoms with Gasteiger partial charge in [-0.3, -0.25) is 4.79 Å². The van der Waals surface area contributed by atoms with Crippen molar-refractivity contribution in [3.05, 3.63) is 112 Å². The molecule has 0 unspecified atom stereocenters. The first-order valence-electron chi connectivity index (χ1n) is 14.2. The zero-order valence-corrected chi connectivity index (χ0v) is 24.6. The van der Waals surface area contributed by atoms with Crippen molar-refractivity contribution < 1.29 is 32.2 Å². The lowest BCUT2D eigenvalue weighted by Gasteiger charge is -2.27. The summed E-state index contributed by atoms with van der Waals surface area (Å²) in [6.07, 6.45) is 0.702. The van der Waals surface area contributed by atoms with Crippen molar-refractivity contribution in [2.75, 3.05) is 6.61 Å². The molecule has 44 heavy (non-hydrogen) atoms. The number of benzene rings is 4. The Morgan fingerprint density at radius 3 is 2.48 bits per heavy atom. The topological polar surface area (TPSA) is 62.6 Å². The Morgan fingerprint density at radius 2 is 1.80 bits per heavy atom. The van der Waals surface area contributed by atoms with E-state index in [0.717, 1.165) is 12.5 Å². The van der Waals surface area contributed by atoms with Crippen LogP contribution in [0, 0.1) is 17.5 Å². The van der Waals surface area contributed by atoms with Crippen LogP contribution in [0.25, 0.3) is 22.2 Å². The van der Waals surface area contributed by atoms with Gasteiger partial charge in [0.1, 0.15) is 23.3 Å². The number of hydrogen-bond donors (Lipinski definition) is 0. The Balaban J connectivity index is 1.23. The van der Waals surface area contributed by atoms with Gasteiger partial charge in [-0.25, -0.2) is 18.2 Å². The fourth-order valence-electron chi connectivity index (χ4n) is 5.77. The standard InChI is InChI=1S/C34H26ClF3N2O4/c1-18(41)19-6-9-29-30(14-19)40(17-22-10-11-42-22)32(39-29)16-24-26(36)12-20(13-27(24)37)23-4-3-5-31-33(23)44-34(2,43-31)25-8-7-21(35)15-28(25)38/h3-9,12-15,22H,10-11,16-17H2,1-2H3/t22-,34+/m0/s1. The molecule has 1 aromatic heterocycles. The van der Waals surface area contributed by atoms with Crippen molar-refractivity contribution in [3.63, 3.8) is 0 Å². The van der Waals surface area contributed by atoms with Crippen LogP contribution in [0.15, 0.2) is 66.7 Å². The summed E-state index contributed by atoms with van der Waals surface area (Å²) >= 11 is 5.92. The molecule has 4 aromatic carbocycles. The molecule has 2 aliphatic rings. The van der Waals surface area contributed by atoms with Crippen LogP contribution < -0.4 is 9.47 Å². The van der Waals surface area contributed by atoms with Gasteiger partial charge < -0.3 is 18.8 Å². The average Bonchev–Trinajstić information content (AvgIpc) is 3.48. The maximum Gasteiger partial charge on any atom is 0.278 e. The lowest BCUT2D eigenvalue weighted by Crippen LogP contribution is -2.32. The van der Waals surface area contributed by atoms with Crippen molar-refractivity contribution in [2.45, 2.75) is 45.1 Å². The van der Waals surface area contributed by atoms with Crippen LogP contribution in [0.4, 0.5) is 13.2 Å². The fourth-order valence-corrected chi connectivity index (χ4v) is 5.93. The monoisotopic (exact) mass is 618 g/mol. The molecular weight excluding hydrogens is 593 g/mol. The van der Waals surface area contributed by atoms with Crippen LogP contribution in [0.5, 0.6) is 11.5 Å². The summed E-state index contributed by atoms with van der Waals surface area (Å²) in [6.45, 7) is 4.16. The number of ether oxygens (including phenoxy) is 3. The highest BCUT2D eigenvalue weighted by atomic mass is 35.5. The second-order valence-corrected chi connectivity index (χ2v) is 11.6. The van der Waals surface area contributed by atoms with Gasteiger partial charge in [0, 0.05) is 41.7 Å². The highest BCUT2D eigenvalue weighted by Crippen LogP contribution is 2.50. The quantitative estimate of drug-likeness (QED) is 0.173. The first kappa shape index (κ1) is 28.4. The summed E-state index contributed by atoms with van der Waals surface area (Å²) < 4.78 is 65.9. The second kappa shape index (κ2) is 10.7. The van der Waals surface area contributed by atoms with Crippen LogP contribution in [0.3, 0.4) is 0 Å². The highest BCUT2D eigenvalue weighted by molar-refractivity contribution is 6.30. The van der Waals surface area contributed by atoms with Gasteiger partial charge in [0.15, 0.2) is 17.3 Å². The summed E-state index contributed by atoms with van der Waals surface area (Å²) in [7, 11) is 0. The van der Waals surface area contributed by atoms with Crippen LogP contribution >= 0.6 is 11.6 Å². The van der Waals surface area contributed by atoms with Crippen molar-refractivity contribution in [2.24, 2.45) is 0 Å². The van der Waals surface area contributed by atoms with Gasteiger partial charge in [-0.05, 0) is 73.5 Å². The molecule has 0 radical (unpaired) electrons. The van der Waals surface area contributed by atoms with Crippen LogP contribution in [0.1, 0.15) is 47.6 Å². The Labute approximate surface area is 255 Å². The van der Waals surface area contributed by atoms with Crippen LogP contribution in [-0.4, -0.2) is 28.0 Å². The van der Waals surface area contributed by atoms with Gasteiger partial charge in [0.25, 0.3) is 5.79 Å². The summed E-state index contributed by atoms with van der Waals surface area (Å²) in [5, 5.41) is 0.227. The summed E-state index contributed by atoms with van der Waals surface area (Å²) in [5.41, 5.74) is 2.45. The number of para-hydroxylation sites is 1. The minimum atomic E-state index is -1.52. The molecule has 0 N–H and O–H groups in total. The van der Waals surface area contributed by atoms with Crippen LogP contribution in [0.2, 0.25) is 5.02 Å². The minimum absolute atomic E-state index is 0.0429. The van der Waals surface area contributed by atoms with E-state index in [1.807, 2.05) is 4.57 Å². The molecule has 0 bridgehead atoms. The molecule has 0 aliphatic carbocycles. The van der Waals surface area contributed by atoms with Crippen molar-refractivity contribution in [3.8, 4) is 22.6 Å². The third kappa shape index (κ3) is 4.90. The van der Waals surface area contributed by atoms with E-state index in [1.165, 1.54) is 31.2 Å². The summed E-state index contributed by atoms with van der Waals surface area (Å²) in [5.74, 6) is -2.73. The van der Waals surface area contributed by atoms with Gasteiger partial charge in [-0.15, -0.1) is 0 Å². The Kier molecular flexibility index (Phi) is 6.90. The number of rotatable bonds is 7.